The summed E-state index contributed by atoms with van der Waals surface area (Å²) in [5.74, 6) is 4.42. The van der Waals surface area contributed by atoms with Crippen LogP contribution in [0.4, 0.5) is 5.69 Å². The lowest BCUT2D eigenvalue weighted by molar-refractivity contribution is -0.149. The Labute approximate surface area is 152 Å². The second-order valence-corrected chi connectivity index (χ2v) is 5.80. The predicted molar refractivity (Wildman–Crippen MR) is 98.2 cm³/mol. The molecule has 2 amide bonds. The molecule has 0 saturated heterocycles. The standard InChI is InChI=1S/C20H20N2O4/c1-22(2)20(26)18(24)17(23)19(25)21-16-12-10-15(11-13-16)9-8-14-6-4-3-5-7-14/h3-7,10-13,17-18,23-24H,1-2H3,(H,21,25)/t17-,18-/m1/s1. The van der Waals surface area contributed by atoms with E-state index in [-0.39, 0.29) is 0 Å². The number of anilines is 1. The summed E-state index contributed by atoms with van der Waals surface area (Å²) in [4.78, 5) is 24.7. The molecule has 3 N–H and O–H groups in total. The van der Waals surface area contributed by atoms with Crippen molar-refractivity contribution in [1.82, 2.24) is 4.90 Å². The zero-order chi connectivity index (χ0) is 19.1. The highest BCUT2D eigenvalue weighted by atomic mass is 16.3. The average molecular weight is 352 g/mol. The van der Waals surface area contributed by atoms with Crippen LogP contribution in [-0.2, 0) is 9.59 Å². The molecule has 134 valence electrons. The number of nitrogens with one attached hydrogen (secondary N) is 1. The molecule has 2 atom stereocenters. The van der Waals surface area contributed by atoms with Gasteiger partial charge in [-0.1, -0.05) is 30.0 Å². The lowest BCUT2D eigenvalue weighted by Crippen LogP contribution is -2.47. The Kier molecular flexibility index (Phi) is 6.50. The van der Waals surface area contributed by atoms with E-state index < -0.39 is 24.0 Å². The van der Waals surface area contributed by atoms with Gasteiger partial charge in [0.2, 0.25) is 0 Å². The number of aliphatic hydroxyl groups excluding tert-OH is 2. The molecule has 0 aliphatic rings. The van der Waals surface area contributed by atoms with Gasteiger partial charge in [-0.25, -0.2) is 0 Å². The summed E-state index contributed by atoms with van der Waals surface area (Å²) in [6.45, 7) is 0. The summed E-state index contributed by atoms with van der Waals surface area (Å²) in [7, 11) is 2.84. The zero-order valence-corrected chi connectivity index (χ0v) is 14.5. The molecule has 0 aromatic heterocycles. The molecule has 0 aliphatic carbocycles. The Balaban J connectivity index is 1.99. The van der Waals surface area contributed by atoms with Crippen LogP contribution in [0.2, 0.25) is 0 Å². The van der Waals surface area contributed by atoms with E-state index in [9.17, 15) is 19.8 Å². The number of benzene rings is 2. The number of rotatable bonds is 4. The van der Waals surface area contributed by atoms with Gasteiger partial charge < -0.3 is 20.4 Å². The van der Waals surface area contributed by atoms with E-state index in [1.165, 1.54) is 14.1 Å². The highest BCUT2D eigenvalue weighted by Gasteiger charge is 2.31. The van der Waals surface area contributed by atoms with Gasteiger partial charge in [0.1, 0.15) is 0 Å². The van der Waals surface area contributed by atoms with Gasteiger partial charge in [-0.2, -0.15) is 0 Å². The van der Waals surface area contributed by atoms with Crippen LogP contribution in [-0.4, -0.2) is 53.2 Å². The highest BCUT2D eigenvalue weighted by Crippen LogP contribution is 2.10. The Hall–Kier alpha value is -3.14. The summed E-state index contributed by atoms with van der Waals surface area (Å²) in [6, 6.07) is 16.2. The zero-order valence-electron chi connectivity index (χ0n) is 14.5. The van der Waals surface area contributed by atoms with E-state index in [1.807, 2.05) is 30.3 Å². The van der Waals surface area contributed by atoms with Gasteiger partial charge in [0, 0.05) is 30.9 Å². The lowest BCUT2D eigenvalue weighted by atomic mass is 10.1. The first-order valence-corrected chi connectivity index (χ1v) is 7.94. The molecular formula is C20H20N2O4. The third kappa shape index (κ3) is 5.18. The minimum atomic E-state index is -1.86. The average Bonchev–Trinajstić information content (AvgIpc) is 2.66. The second-order valence-electron chi connectivity index (χ2n) is 5.80. The summed E-state index contributed by atoms with van der Waals surface area (Å²) < 4.78 is 0. The van der Waals surface area contributed by atoms with Crippen LogP contribution in [0.5, 0.6) is 0 Å². The molecule has 0 aliphatic heterocycles. The minimum absolute atomic E-state index is 0.420. The van der Waals surface area contributed by atoms with Crippen molar-refractivity contribution in [3.05, 3.63) is 65.7 Å². The monoisotopic (exact) mass is 352 g/mol. The van der Waals surface area contributed by atoms with Crippen molar-refractivity contribution < 1.29 is 19.8 Å². The van der Waals surface area contributed by atoms with Gasteiger partial charge in [0.25, 0.3) is 11.8 Å². The van der Waals surface area contributed by atoms with E-state index in [1.54, 1.807) is 24.3 Å². The van der Waals surface area contributed by atoms with Crippen molar-refractivity contribution in [1.29, 1.82) is 0 Å². The topological polar surface area (TPSA) is 89.9 Å². The first-order valence-electron chi connectivity index (χ1n) is 7.94. The lowest BCUT2D eigenvalue weighted by Gasteiger charge is -2.20. The number of hydrogen-bond acceptors (Lipinski definition) is 4. The second kappa shape index (κ2) is 8.81. The Morgan fingerprint density at radius 3 is 1.96 bits per heavy atom. The molecule has 6 nitrogen and oxygen atoms in total. The molecule has 0 unspecified atom stereocenters. The van der Waals surface area contributed by atoms with Crippen molar-refractivity contribution in [2.75, 3.05) is 19.4 Å². The maximum Gasteiger partial charge on any atom is 0.256 e. The molecule has 26 heavy (non-hydrogen) atoms. The van der Waals surface area contributed by atoms with E-state index in [0.29, 0.717) is 5.69 Å². The summed E-state index contributed by atoms with van der Waals surface area (Å²) in [5, 5.41) is 22.0. The summed E-state index contributed by atoms with van der Waals surface area (Å²) in [5.41, 5.74) is 2.08. The number of carbonyl (C=O) groups excluding carboxylic acids is 2. The van der Waals surface area contributed by atoms with Crippen LogP contribution < -0.4 is 5.32 Å². The Bertz CT molecular complexity index is 820. The quantitative estimate of drug-likeness (QED) is 0.711. The fourth-order valence-corrected chi connectivity index (χ4v) is 2.06. The first kappa shape index (κ1) is 19.2. The maximum atomic E-state index is 12.0. The molecule has 2 rings (SSSR count). The number of amides is 2. The summed E-state index contributed by atoms with van der Waals surface area (Å²) in [6.07, 6.45) is -3.68. The van der Waals surface area contributed by atoms with Gasteiger partial charge in [0.15, 0.2) is 12.2 Å². The van der Waals surface area contributed by atoms with Gasteiger partial charge in [0.05, 0.1) is 0 Å². The smallest absolute Gasteiger partial charge is 0.256 e. The molecule has 2 aromatic carbocycles. The van der Waals surface area contributed by atoms with E-state index in [2.05, 4.69) is 17.2 Å². The normalized spacial score (nSPS) is 12.3. The van der Waals surface area contributed by atoms with Crippen molar-refractivity contribution in [2.24, 2.45) is 0 Å². The van der Waals surface area contributed by atoms with Crippen molar-refractivity contribution in [3.63, 3.8) is 0 Å². The molecule has 0 bridgehead atoms. The fourth-order valence-electron chi connectivity index (χ4n) is 2.06. The Morgan fingerprint density at radius 2 is 1.42 bits per heavy atom. The van der Waals surface area contributed by atoms with Crippen molar-refractivity contribution in [3.8, 4) is 11.8 Å². The van der Waals surface area contributed by atoms with E-state index in [4.69, 9.17) is 0 Å². The van der Waals surface area contributed by atoms with E-state index >= 15 is 0 Å². The van der Waals surface area contributed by atoms with Crippen molar-refractivity contribution in [2.45, 2.75) is 12.2 Å². The van der Waals surface area contributed by atoms with Gasteiger partial charge in [-0.05, 0) is 36.4 Å². The van der Waals surface area contributed by atoms with Crippen LogP contribution in [0.3, 0.4) is 0 Å². The summed E-state index contributed by atoms with van der Waals surface area (Å²) >= 11 is 0. The number of nitrogens with zero attached hydrogens (tertiary/aromatic N) is 1. The molecule has 0 fully saturated rings. The fraction of sp³-hybridized carbons (Fsp3) is 0.200. The van der Waals surface area contributed by atoms with Crippen LogP contribution in [0.15, 0.2) is 54.6 Å². The minimum Gasteiger partial charge on any atom is -0.380 e. The molecular weight excluding hydrogens is 332 g/mol. The third-order valence-corrected chi connectivity index (χ3v) is 3.54. The molecule has 0 heterocycles. The van der Waals surface area contributed by atoms with Crippen LogP contribution in [0.1, 0.15) is 11.1 Å². The number of aliphatic hydroxyl groups is 2. The van der Waals surface area contributed by atoms with Gasteiger partial charge in [-0.3, -0.25) is 9.59 Å². The molecule has 6 heteroatoms. The van der Waals surface area contributed by atoms with E-state index in [0.717, 1.165) is 16.0 Å². The molecule has 0 spiro atoms. The maximum absolute atomic E-state index is 12.0. The number of carbonyl (C=O) groups is 2. The largest absolute Gasteiger partial charge is 0.380 e. The van der Waals surface area contributed by atoms with Gasteiger partial charge >= 0.3 is 0 Å². The van der Waals surface area contributed by atoms with Crippen LogP contribution >= 0.6 is 0 Å². The van der Waals surface area contributed by atoms with Crippen molar-refractivity contribution >= 4 is 17.5 Å². The molecule has 0 saturated carbocycles. The first-order chi connectivity index (χ1) is 12.4. The highest BCUT2D eigenvalue weighted by molar-refractivity contribution is 5.98. The number of hydrogen-bond donors (Lipinski definition) is 3. The number of likely N-dealkylation sites (N-methyl/N-ethyl adjacent to an activating group) is 1. The third-order valence-electron chi connectivity index (χ3n) is 3.54. The predicted octanol–water partition coefficient (Wildman–Crippen LogP) is 0.835. The van der Waals surface area contributed by atoms with Gasteiger partial charge in [-0.15, -0.1) is 0 Å². The van der Waals surface area contributed by atoms with Crippen LogP contribution in [0, 0.1) is 11.8 Å². The SMILES string of the molecule is CN(C)C(=O)[C@H](O)[C@@H](O)C(=O)Nc1ccc(C#Cc2ccccc2)cc1. The molecule has 0 radical (unpaired) electrons. The molecule has 2 aromatic rings. The Morgan fingerprint density at radius 1 is 0.885 bits per heavy atom. The van der Waals surface area contributed by atoms with Crippen LogP contribution in [0.25, 0.3) is 0 Å².